The first kappa shape index (κ1) is 10.7. The van der Waals surface area contributed by atoms with E-state index in [-0.39, 0.29) is 4.87 Å². The molecule has 1 unspecified atom stereocenters. The molecule has 0 radical (unpaired) electrons. The van der Waals surface area contributed by atoms with Crippen molar-refractivity contribution >= 4 is 11.3 Å². The van der Waals surface area contributed by atoms with Crippen molar-refractivity contribution < 1.29 is 0 Å². The van der Waals surface area contributed by atoms with E-state index in [0.717, 1.165) is 25.2 Å². The average Bonchev–Trinajstić information content (AvgIpc) is 3.00. The number of rotatable bonds is 3. The molecule has 3 heterocycles. The lowest BCUT2D eigenvalue weighted by atomic mass is 10.1. The van der Waals surface area contributed by atoms with Gasteiger partial charge in [-0.1, -0.05) is 11.3 Å². The molecular weight excluding hydrogens is 236 g/mol. The molecule has 0 aromatic carbocycles. The Morgan fingerprint density at radius 1 is 1.59 bits per heavy atom. The van der Waals surface area contributed by atoms with Crippen molar-refractivity contribution in [1.82, 2.24) is 19.9 Å². The van der Waals surface area contributed by atoms with E-state index in [1.165, 1.54) is 17.0 Å². The van der Waals surface area contributed by atoms with Crippen molar-refractivity contribution in [2.75, 3.05) is 13.1 Å². The molecule has 6 heteroatoms. The lowest BCUT2D eigenvalue weighted by Crippen LogP contribution is -2.12. The molecule has 0 aliphatic carbocycles. The van der Waals surface area contributed by atoms with E-state index in [0.29, 0.717) is 12.5 Å². The SMILES string of the molecule is O=c1[nH]c(Cn2cncc2C2CCNC2)cs1. The lowest BCUT2D eigenvalue weighted by molar-refractivity contribution is 0.648. The summed E-state index contributed by atoms with van der Waals surface area (Å²) in [6, 6.07) is 0. The van der Waals surface area contributed by atoms with Crippen molar-refractivity contribution in [3.8, 4) is 0 Å². The molecule has 1 aliphatic rings. The minimum atomic E-state index is 0.00389. The zero-order chi connectivity index (χ0) is 11.7. The third kappa shape index (κ3) is 2.18. The first-order valence-electron chi connectivity index (χ1n) is 5.70. The summed E-state index contributed by atoms with van der Waals surface area (Å²) in [6.45, 7) is 2.79. The maximum atomic E-state index is 11.1. The largest absolute Gasteiger partial charge is 0.328 e. The fraction of sp³-hybridized carbons (Fsp3) is 0.455. The fourth-order valence-corrected chi connectivity index (χ4v) is 2.86. The number of H-pyrrole nitrogens is 1. The van der Waals surface area contributed by atoms with E-state index in [1.807, 2.05) is 17.9 Å². The van der Waals surface area contributed by atoms with Crippen molar-refractivity contribution in [3.63, 3.8) is 0 Å². The van der Waals surface area contributed by atoms with Gasteiger partial charge < -0.3 is 14.9 Å². The Labute approximate surface area is 103 Å². The molecule has 0 amide bonds. The first-order chi connectivity index (χ1) is 8.33. The second-order valence-corrected chi connectivity index (χ2v) is 5.15. The highest BCUT2D eigenvalue weighted by Gasteiger charge is 2.20. The fourth-order valence-electron chi connectivity index (χ4n) is 2.29. The highest BCUT2D eigenvalue weighted by Crippen LogP contribution is 2.22. The van der Waals surface area contributed by atoms with E-state index in [9.17, 15) is 4.79 Å². The standard InChI is InChI=1S/C11H14N4OS/c16-11-14-9(6-17-11)5-15-7-13-4-10(15)8-1-2-12-3-8/h4,6-8,12H,1-3,5H2,(H,14,16). The van der Waals surface area contributed by atoms with Gasteiger partial charge in [0.1, 0.15) is 0 Å². The van der Waals surface area contributed by atoms with Crippen LogP contribution in [0.3, 0.4) is 0 Å². The topological polar surface area (TPSA) is 62.7 Å². The molecule has 1 saturated heterocycles. The van der Waals surface area contributed by atoms with E-state index >= 15 is 0 Å². The highest BCUT2D eigenvalue weighted by atomic mass is 32.1. The molecular formula is C11H14N4OS. The normalized spacial score (nSPS) is 19.9. The van der Waals surface area contributed by atoms with Crippen LogP contribution in [0.1, 0.15) is 23.7 Å². The molecule has 1 atom stereocenters. The van der Waals surface area contributed by atoms with Crippen LogP contribution < -0.4 is 10.2 Å². The van der Waals surface area contributed by atoms with Gasteiger partial charge in [0.2, 0.25) is 0 Å². The Morgan fingerprint density at radius 3 is 3.24 bits per heavy atom. The van der Waals surface area contributed by atoms with Gasteiger partial charge in [-0.05, 0) is 13.0 Å². The third-order valence-corrected chi connectivity index (χ3v) is 3.85. The van der Waals surface area contributed by atoms with Gasteiger partial charge in [-0.25, -0.2) is 4.98 Å². The number of aromatic amines is 1. The summed E-state index contributed by atoms with van der Waals surface area (Å²) in [6.07, 6.45) is 4.93. The number of nitrogens with one attached hydrogen (secondary N) is 2. The molecule has 2 aromatic rings. The van der Waals surface area contributed by atoms with Gasteiger partial charge >= 0.3 is 4.87 Å². The van der Waals surface area contributed by atoms with E-state index < -0.39 is 0 Å². The van der Waals surface area contributed by atoms with Crippen LogP contribution in [-0.2, 0) is 6.54 Å². The molecule has 0 bridgehead atoms. The molecule has 90 valence electrons. The Hall–Kier alpha value is -1.40. The summed E-state index contributed by atoms with van der Waals surface area (Å²) in [5.74, 6) is 0.544. The molecule has 2 N–H and O–H groups in total. The summed E-state index contributed by atoms with van der Waals surface area (Å²) < 4.78 is 2.12. The Bertz CT molecular complexity index is 550. The first-order valence-corrected chi connectivity index (χ1v) is 6.58. The number of nitrogens with zero attached hydrogens (tertiary/aromatic N) is 2. The molecule has 17 heavy (non-hydrogen) atoms. The van der Waals surface area contributed by atoms with Crippen molar-refractivity contribution in [1.29, 1.82) is 0 Å². The van der Waals surface area contributed by atoms with Gasteiger partial charge in [-0.2, -0.15) is 0 Å². The van der Waals surface area contributed by atoms with Crippen LogP contribution in [0.2, 0.25) is 0 Å². The van der Waals surface area contributed by atoms with Crippen LogP contribution >= 0.6 is 11.3 Å². The monoisotopic (exact) mass is 250 g/mol. The van der Waals surface area contributed by atoms with Gasteiger partial charge in [0.05, 0.1) is 12.9 Å². The molecule has 1 aliphatic heterocycles. The van der Waals surface area contributed by atoms with E-state index in [1.54, 1.807) is 0 Å². The van der Waals surface area contributed by atoms with Crippen molar-refractivity contribution in [3.05, 3.63) is 39.0 Å². The van der Waals surface area contributed by atoms with Gasteiger partial charge in [0.15, 0.2) is 0 Å². The quantitative estimate of drug-likeness (QED) is 0.845. The van der Waals surface area contributed by atoms with Gasteiger partial charge in [0.25, 0.3) is 0 Å². The predicted molar refractivity (Wildman–Crippen MR) is 66.5 cm³/mol. The van der Waals surface area contributed by atoms with Crippen LogP contribution in [0.5, 0.6) is 0 Å². The summed E-state index contributed by atoms with van der Waals surface area (Å²) in [5.41, 5.74) is 2.20. The van der Waals surface area contributed by atoms with Gasteiger partial charge in [-0.15, -0.1) is 0 Å². The number of aromatic nitrogens is 3. The maximum Gasteiger partial charge on any atom is 0.304 e. The Morgan fingerprint density at radius 2 is 2.53 bits per heavy atom. The Balaban J connectivity index is 1.83. The highest BCUT2D eigenvalue weighted by molar-refractivity contribution is 7.07. The van der Waals surface area contributed by atoms with Gasteiger partial charge in [0, 0.05) is 35.4 Å². The van der Waals surface area contributed by atoms with Crippen LogP contribution in [0, 0.1) is 0 Å². The Kier molecular flexibility index (Phi) is 2.82. The molecule has 1 fully saturated rings. The number of thiazole rings is 1. The summed E-state index contributed by atoms with van der Waals surface area (Å²) >= 11 is 1.21. The second kappa shape index (κ2) is 4.46. The summed E-state index contributed by atoms with van der Waals surface area (Å²) in [5, 5.41) is 5.23. The second-order valence-electron chi connectivity index (χ2n) is 4.31. The average molecular weight is 250 g/mol. The molecule has 0 spiro atoms. The number of imidazole rings is 1. The molecule has 2 aromatic heterocycles. The van der Waals surface area contributed by atoms with Crippen molar-refractivity contribution in [2.24, 2.45) is 0 Å². The minimum absolute atomic E-state index is 0.00389. The molecule has 5 nitrogen and oxygen atoms in total. The minimum Gasteiger partial charge on any atom is -0.328 e. The molecule has 3 rings (SSSR count). The number of hydrogen-bond donors (Lipinski definition) is 2. The van der Waals surface area contributed by atoms with Crippen LogP contribution in [0.4, 0.5) is 0 Å². The zero-order valence-electron chi connectivity index (χ0n) is 9.35. The number of hydrogen-bond acceptors (Lipinski definition) is 4. The predicted octanol–water partition coefficient (Wildman–Crippen LogP) is 0.758. The molecule has 0 saturated carbocycles. The third-order valence-electron chi connectivity index (χ3n) is 3.13. The van der Waals surface area contributed by atoms with Crippen LogP contribution in [0.25, 0.3) is 0 Å². The van der Waals surface area contributed by atoms with E-state index in [4.69, 9.17) is 0 Å². The summed E-state index contributed by atoms with van der Waals surface area (Å²) in [7, 11) is 0. The van der Waals surface area contributed by atoms with Gasteiger partial charge in [-0.3, -0.25) is 4.79 Å². The van der Waals surface area contributed by atoms with E-state index in [2.05, 4.69) is 19.9 Å². The van der Waals surface area contributed by atoms with Crippen molar-refractivity contribution in [2.45, 2.75) is 18.9 Å². The summed E-state index contributed by atoms with van der Waals surface area (Å²) in [4.78, 5) is 18.1. The maximum absolute atomic E-state index is 11.1. The smallest absolute Gasteiger partial charge is 0.304 e. The van der Waals surface area contributed by atoms with Crippen LogP contribution in [0.15, 0.2) is 22.7 Å². The van der Waals surface area contributed by atoms with Crippen LogP contribution in [-0.4, -0.2) is 27.6 Å². The lowest BCUT2D eigenvalue weighted by Gasteiger charge is -2.11. The zero-order valence-corrected chi connectivity index (χ0v) is 10.2.